The zero-order valence-electron chi connectivity index (χ0n) is 25.2. The predicted molar refractivity (Wildman–Crippen MR) is 171 cm³/mol. The minimum atomic E-state index is -1.33. The maximum Gasteiger partial charge on any atom is 0.338 e. The number of benzene rings is 2. The number of thiocarbonyl (C=S) groups is 1. The van der Waals surface area contributed by atoms with Crippen LogP contribution < -0.4 is 29.8 Å². The summed E-state index contributed by atoms with van der Waals surface area (Å²) in [6.07, 6.45) is 1.17. The van der Waals surface area contributed by atoms with E-state index >= 15 is 0 Å². The number of nitrogens with zero attached hydrogens (tertiary/aromatic N) is 3. The van der Waals surface area contributed by atoms with Crippen LogP contribution in [0, 0.1) is 19.8 Å². The minimum Gasteiger partial charge on any atom is -0.491 e. The highest BCUT2D eigenvalue weighted by molar-refractivity contribution is 7.80. The molecule has 0 aliphatic carbocycles. The SMILES string of the molecule is CCOC(=O)C1=C(C)N=c2s/c(=C\[C@@H]3C(=O)NC(=S)N(c4ccc(C)c(C)c4)C3=O)c(=O)n2[C@@H]1c1ccccc1OC(C)C. The topological polar surface area (TPSA) is 119 Å². The Morgan fingerprint density at radius 3 is 2.52 bits per heavy atom. The van der Waals surface area contributed by atoms with Crippen LogP contribution in [0.5, 0.6) is 5.75 Å². The van der Waals surface area contributed by atoms with E-state index in [0.717, 1.165) is 22.5 Å². The number of aromatic nitrogens is 1. The van der Waals surface area contributed by atoms with Gasteiger partial charge in [-0.2, -0.15) is 0 Å². The number of allylic oxidation sites excluding steroid dienone is 1. The normalized spacial score (nSPS) is 18.8. The molecular weight excluding hydrogens is 601 g/mol. The molecule has 0 bridgehead atoms. The first kappa shape index (κ1) is 31.0. The molecule has 0 spiro atoms. The highest BCUT2D eigenvalue weighted by Crippen LogP contribution is 2.36. The first-order valence-corrected chi connectivity index (χ1v) is 15.4. The van der Waals surface area contributed by atoms with Crippen molar-refractivity contribution in [3.63, 3.8) is 0 Å². The Bertz CT molecular complexity index is 1920. The van der Waals surface area contributed by atoms with Crippen molar-refractivity contribution in [1.29, 1.82) is 0 Å². The minimum absolute atomic E-state index is 0.0363. The number of anilines is 1. The van der Waals surface area contributed by atoms with Crippen molar-refractivity contribution in [1.82, 2.24) is 9.88 Å². The van der Waals surface area contributed by atoms with Crippen LogP contribution in [0.2, 0.25) is 0 Å². The summed E-state index contributed by atoms with van der Waals surface area (Å²) in [5.74, 6) is -2.65. The molecule has 2 aliphatic rings. The molecule has 2 amide bonds. The molecule has 1 N–H and O–H groups in total. The fraction of sp³-hybridized carbons (Fsp3) is 0.312. The summed E-state index contributed by atoms with van der Waals surface area (Å²) >= 11 is 6.39. The van der Waals surface area contributed by atoms with Crippen LogP contribution >= 0.6 is 23.6 Å². The molecule has 1 fully saturated rings. The molecule has 3 aromatic rings. The quantitative estimate of drug-likeness (QED) is 0.241. The van der Waals surface area contributed by atoms with Crippen LogP contribution in [0.15, 0.2) is 63.5 Å². The van der Waals surface area contributed by atoms with Crippen molar-refractivity contribution in [3.05, 3.63) is 90.1 Å². The van der Waals surface area contributed by atoms with Gasteiger partial charge < -0.3 is 14.8 Å². The summed E-state index contributed by atoms with van der Waals surface area (Å²) in [6, 6.07) is 11.7. The third kappa shape index (κ3) is 5.62. The lowest BCUT2D eigenvalue weighted by Gasteiger charge is -2.31. The summed E-state index contributed by atoms with van der Waals surface area (Å²) in [6.45, 7) is 11.2. The van der Waals surface area contributed by atoms with E-state index < -0.39 is 35.3 Å². The highest BCUT2D eigenvalue weighted by atomic mass is 32.1. The van der Waals surface area contributed by atoms with E-state index in [4.69, 9.17) is 21.7 Å². The molecule has 3 heterocycles. The Morgan fingerprint density at radius 1 is 1.11 bits per heavy atom. The molecule has 10 nitrogen and oxygen atoms in total. The number of para-hydroxylation sites is 1. The van der Waals surface area contributed by atoms with Gasteiger partial charge in [-0.25, -0.2) is 9.79 Å². The Kier molecular flexibility index (Phi) is 8.66. The average Bonchev–Trinajstić information content (AvgIpc) is 3.26. The van der Waals surface area contributed by atoms with E-state index in [-0.39, 0.29) is 27.9 Å². The van der Waals surface area contributed by atoms with E-state index in [1.54, 1.807) is 38.1 Å². The number of ether oxygens (including phenoxy) is 2. The summed E-state index contributed by atoms with van der Waals surface area (Å²) in [5.41, 5.74) is 3.15. The van der Waals surface area contributed by atoms with Crippen LogP contribution in [-0.2, 0) is 19.1 Å². The number of aryl methyl sites for hydroxylation is 2. The Morgan fingerprint density at radius 2 is 1.84 bits per heavy atom. The van der Waals surface area contributed by atoms with Crippen LogP contribution in [-0.4, -0.2) is 40.2 Å². The predicted octanol–water partition coefficient (Wildman–Crippen LogP) is 3.22. The van der Waals surface area contributed by atoms with Gasteiger partial charge in [0.2, 0.25) is 11.8 Å². The van der Waals surface area contributed by atoms with Gasteiger partial charge in [0.25, 0.3) is 5.56 Å². The second-order valence-electron chi connectivity index (χ2n) is 10.7. The fourth-order valence-electron chi connectivity index (χ4n) is 5.17. The van der Waals surface area contributed by atoms with Crippen molar-refractivity contribution in [2.75, 3.05) is 11.5 Å². The first-order chi connectivity index (χ1) is 20.9. The maximum atomic E-state index is 14.1. The monoisotopic (exact) mass is 632 g/mol. The van der Waals surface area contributed by atoms with Crippen LogP contribution in [0.4, 0.5) is 5.69 Å². The van der Waals surface area contributed by atoms with E-state index in [1.807, 2.05) is 45.9 Å². The van der Waals surface area contributed by atoms with Crippen molar-refractivity contribution in [3.8, 4) is 5.75 Å². The van der Waals surface area contributed by atoms with Crippen molar-refractivity contribution >= 4 is 58.2 Å². The number of nitrogens with one attached hydrogen (secondary N) is 1. The zero-order chi connectivity index (χ0) is 31.9. The molecule has 1 aromatic heterocycles. The number of fused-ring (bicyclic) bond motifs is 1. The fourth-order valence-corrected chi connectivity index (χ4v) is 6.52. The molecule has 12 heteroatoms. The van der Waals surface area contributed by atoms with Gasteiger partial charge in [0.15, 0.2) is 9.91 Å². The Hall–Kier alpha value is -4.42. The molecule has 2 aliphatic heterocycles. The van der Waals surface area contributed by atoms with Crippen LogP contribution in [0.1, 0.15) is 50.4 Å². The molecule has 0 unspecified atom stereocenters. The number of rotatable bonds is 7. The molecular formula is C32H32N4O6S2. The Balaban J connectivity index is 1.67. The van der Waals surface area contributed by atoms with Crippen molar-refractivity contribution in [2.45, 2.75) is 53.7 Å². The molecule has 44 heavy (non-hydrogen) atoms. The summed E-state index contributed by atoms with van der Waals surface area (Å²) in [7, 11) is 0. The van der Waals surface area contributed by atoms with Crippen molar-refractivity contribution in [2.24, 2.45) is 10.9 Å². The van der Waals surface area contributed by atoms with Crippen LogP contribution in [0.3, 0.4) is 0 Å². The summed E-state index contributed by atoms with van der Waals surface area (Å²) < 4.78 is 13.0. The van der Waals surface area contributed by atoms with E-state index in [9.17, 15) is 19.2 Å². The van der Waals surface area contributed by atoms with Gasteiger partial charge in [0, 0.05) is 5.56 Å². The second kappa shape index (κ2) is 12.3. The third-order valence-electron chi connectivity index (χ3n) is 7.36. The Labute approximate surface area is 263 Å². The number of amides is 2. The second-order valence-corrected chi connectivity index (χ2v) is 12.1. The third-order valence-corrected chi connectivity index (χ3v) is 8.65. The summed E-state index contributed by atoms with van der Waals surface area (Å²) in [4.78, 5) is 60.4. The number of carbonyl (C=O) groups is 3. The lowest BCUT2D eigenvalue weighted by molar-refractivity contribution is -0.139. The smallest absolute Gasteiger partial charge is 0.338 e. The van der Waals surface area contributed by atoms with Gasteiger partial charge >= 0.3 is 5.97 Å². The van der Waals surface area contributed by atoms with E-state index in [0.29, 0.717) is 27.5 Å². The van der Waals surface area contributed by atoms with Crippen LogP contribution in [0.25, 0.3) is 6.08 Å². The lowest BCUT2D eigenvalue weighted by Crippen LogP contribution is -2.58. The first-order valence-electron chi connectivity index (χ1n) is 14.1. The molecule has 1 saturated heterocycles. The average molecular weight is 633 g/mol. The lowest BCUT2D eigenvalue weighted by atomic mass is 9.95. The highest BCUT2D eigenvalue weighted by Gasteiger charge is 2.39. The molecule has 0 saturated carbocycles. The zero-order valence-corrected chi connectivity index (χ0v) is 26.8. The van der Waals surface area contributed by atoms with Gasteiger partial charge in [-0.15, -0.1) is 0 Å². The van der Waals surface area contributed by atoms with E-state index in [1.165, 1.54) is 15.5 Å². The largest absolute Gasteiger partial charge is 0.491 e. The molecule has 0 radical (unpaired) electrons. The van der Waals surface area contributed by atoms with Crippen molar-refractivity contribution < 1.29 is 23.9 Å². The number of carbonyl (C=O) groups excluding carboxylic acids is 3. The molecule has 2 aromatic carbocycles. The maximum absolute atomic E-state index is 14.1. The molecule has 228 valence electrons. The van der Waals surface area contributed by atoms with E-state index in [2.05, 4.69) is 10.3 Å². The standard InChI is InChI=1S/C32H32N4O6S2/c1-7-41-30(40)25-19(6)33-32-36(26(25)21-10-8-9-11-23(21)42-16(2)3)29(39)24(44-32)15-22-27(37)34-31(43)35(28(22)38)20-13-12-17(4)18(5)14-20/h8-16,22,26H,7H2,1-6H3,(H,34,37,43)/b24-15-/t22-,26-/m1/s1. The number of hydrogen-bond acceptors (Lipinski definition) is 9. The van der Waals surface area contributed by atoms with Gasteiger partial charge in [0.05, 0.1) is 34.2 Å². The van der Waals surface area contributed by atoms with Gasteiger partial charge in [0.1, 0.15) is 17.7 Å². The molecule has 2 atom stereocenters. The number of esters is 1. The van der Waals surface area contributed by atoms with Gasteiger partial charge in [-0.05, 0) is 89.2 Å². The van der Waals surface area contributed by atoms with Gasteiger partial charge in [-0.1, -0.05) is 35.6 Å². The van der Waals surface area contributed by atoms with Gasteiger partial charge in [-0.3, -0.25) is 23.9 Å². The number of hydrogen-bond donors (Lipinski definition) is 1. The number of thiazole rings is 1. The summed E-state index contributed by atoms with van der Waals surface area (Å²) in [5, 5.41) is 2.56. The molecule has 5 rings (SSSR count).